The molecule has 4 nitrogen and oxygen atoms in total. The standard InChI is InChI=1S/C17H17N3OS/c1-11-6-4-5-7-12(11)10-22-16-14(9-19)17(2,3)13(8-18)15(21)20-16/h4-7,13H,10H2,1-3H3,(H,20,21)/t13-/m0/s1. The average Bonchev–Trinajstić information content (AvgIpc) is 2.46. The van der Waals surface area contributed by atoms with Gasteiger partial charge in [0.25, 0.3) is 0 Å². The Morgan fingerprint density at radius 2 is 2.00 bits per heavy atom. The maximum absolute atomic E-state index is 12.1. The second-order valence-electron chi connectivity index (χ2n) is 5.80. The molecule has 1 amide bonds. The lowest BCUT2D eigenvalue weighted by molar-refractivity contribution is -0.125. The van der Waals surface area contributed by atoms with Crippen LogP contribution in [-0.4, -0.2) is 5.91 Å². The van der Waals surface area contributed by atoms with Gasteiger partial charge in [-0.15, -0.1) is 11.8 Å². The van der Waals surface area contributed by atoms with Gasteiger partial charge in [0.15, 0.2) is 0 Å². The van der Waals surface area contributed by atoms with Crippen LogP contribution in [0.4, 0.5) is 0 Å². The third kappa shape index (κ3) is 2.86. The zero-order chi connectivity index (χ0) is 16.3. The molecule has 1 aromatic carbocycles. The molecule has 0 aromatic heterocycles. The molecule has 5 heteroatoms. The number of nitrogens with one attached hydrogen (secondary N) is 1. The summed E-state index contributed by atoms with van der Waals surface area (Å²) >= 11 is 1.43. The second-order valence-corrected chi connectivity index (χ2v) is 6.79. The smallest absolute Gasteiger partial charge is 0.243 e. The summed E-state index contributed by atoms with van der Waals surface area (Å²) in [5.74, 6) is -0.510. The van der Waals surface area contributed by atoms with Gasteiger partial charge in [-0.1, -0.05) is 38.1 Å². The molecule has 1 N–H and O–H groups in total. The first-order chi connectivity index (χ1) is 10.4. The highest BCUT2D eigenvalue weighted by molar-refractivity contribution is 8.02. The number of carbonyl (C=O) groups is 1. The van der Waals surface area contributed by atoms with Crippen LogP contribution in [-0.2, 0) is 10.5 Å². The van der Waals surface area contributed by atoms with Crippen LogP contribution in [0.5, 0.6) is 0 Å². The van der Waals surface area contributed by atoms with E-state index in [1.807, 2.05) is 37.3 Å². The number of hydrogen-bond acceptors (Lipinski definition) is 4. The number of nitriles is 2. The van der Waals surface area contributed by atoms with E-state index in [4.69, 9.17) is 0 Å². The van der Waals surface area contributed by atoms with Crippen molar-refractivity contribution in [3.8, 4) is 12.1 Å². The van der Waals surface area contributed by atoms with Crippen molar-refractivity contribution in [2.24, 2.45) is 11.3 Å². The number of rotatable bonds is 3. The summed E-state index contributed by atoms with van der Waals surface area (Å²) < 4.78 is 0. The minimum atomic E-state index is -0.843. The Balaban J connectivity index is 2.31. The fraction of sp³-hybridized carbons (Fsp3) is 0.353. The summed E-state index contributed by atoms with van der Waals surface area (Å²) in [6, 6.07) is 12.2. The molecule has 1 aromatic rings. The van der Waals surface area contributed by atoms with Gasteiger partial charge < -0.3 is 5.32 Å². The molecular weight excluding hydrogens is 294 g/mol. The Labute approximate surface area is 134 Å². The average molecular weight is 311 g/mol. The summed E-state index contributed by atoms with van der Waals surface area (Å²) in [6.45, 7) is 5.57. The van der Waals surface area contributed by atoms with E-state index in [1.54, 1.807) is 13.8 Å². The van der Waals surface area contributed by atoms with E-state index in [0.717, 1.165) is 5.56 Å². The summed E-state index contributed by atoms with van der Waals surface area (Å²) in [5, 5.41) is 21.9. The fourth-order valence-corrected chi connectivity index (χ4v) is 3.71. The van der Waals surface area contributed by atoms with Gasteiger partial charge in [0.05, 0.1) is 22.7 Å². The van der Waals surface area contributed by atoms with E-state index in [2.05, 4.69) is 11.4 Å². The van der Waals surface area contributed by atoms with Crippen molar-refractivity contribution in [1.29, 1.82) is 10.5 Å². The Bertz CT molecular complexity index is 722. The number of nitrogens with zero attached hydrogens (tertiary/aromatic N) is 2. The summed E-state index contributed by atoms with van der Waals surface area (Å²) in [7, 11) is 0. The predicted octanol–water partition coefficient (Wildman–Crippen LogP) is 3.26. The van der Waals surface area contributed by atoms with Crippen molar-refractivity contribution in [2.75, 3.05) is 0 Å². The monoisotopic (exact) mass is 311 g/mol. The molecule has 0 fully saturated rings. The Morgan fingerprint density at radius 3 is 2.59 bits per heavy atom. The zero-order valence-corrected chi connectivity index (χ0v) is 13.6. The van der Waals surface area contributed by atoms with Gasteiger partial charge in [-0.25, -0.2) is 0 Å². The molecule has 0 saturated heterocycles. The molecule has 0 aliphatic carbocycles. The maximum Gasteiger partial charge on any atom is 0.243 e. The fourth-order valence-electron chi connectivity index (χ4n) is 2.46. The predicted molar refractivity (Wildman–Crippen MR) is 86.1 cm³/mol. The Morgan fingerprint density at radius 1 is 1.32 bits per heavy atom. The molecule has 0 bridgehead atoms. The molecule has 1 aliphatic rings. The van der Waals surface area contributed by atoms with Gasteiger partial charge in [0, 0.05) is 11.2 Å². The number of aryl methyl sites for hydroxylation is 1. The Kier molecular flexibility index (Phi) is 4.59. The first-order valence-electron chi connectivity index (χ1n) is 6.94. The van der Waals surface area contributed by atoms with Gasteiger partial charge in [-0.3, -0.25) is 4.79 Å². The number of allylic oxidation sites excluding steroid dienone is 1. The first kappa shape index (κ1) is 16.1. The summed E-state index contributed by atoms with van der Waals surface area (Å²) in [4.78, 5) is 12.1. The van der Waals surface area contributed by atoms with E-state index in [9.17, 15) is 15.3 Å². The molecule has 0 radical (unpaired) electrons. The van der Waals surface area contributed by atoms with E-state index < -0.39 is 11.3 Å². The SMILES string of the molecule is Cc1ccccc1CSC1=C(C#N)C(C)(C)[C@@H](C#N)C(=O)N1. The van der Waals surface area contributed by atoms with Gasteiger partial charge in [-0.05, 0) is 18.1 Å². The minimum Gasteiger partial charge on any atom is -0.319 e. The topological polar surface area (TPSA) is 76.7 Å². The molecule has 112 valence electrons. The number of hydrogen-bond donors (Lipinski definition) is 1. The largest absolute Gasteiger partial charge is 0.319 e. The molecule has 22 heavy (non-hydrogen) atoms. The van der Waals surface area contributed by atoms with Gasteiger partial charge in [0.2, 0.25) is 5.91 Å². The van der Waals surface area contributed by atoms with Crippen LogP contribution in [0.2, 0.25) is 0 Å². The van der Waals surface area contributed by atoms with Crippen molar-refractivity contribution in [3.63, 3.8) is 0 Å². The van der Waals surface area contributed by atoms with Crippen LogP contribution < -0.4 is 5.32 Å². The molecule has 0 spiro atoms. The van der Waals surface area contributed by atoms with E-state index in [0.29, 0.717) is 16.4 Å². The normalized spacial score (nSPS) is 20.0. The van der Waals surface area contributed by atoms with Gasteiger partial charge in [0.1, 0.15) is 5.92 Å². The van der Waals surface area contributed by atoms with Crippen LogP contribution in [0.25, 0.3) is 0 Å². The summed E-state index contributed by atoms with van der Waals surface area (Å²) in [5.41, 5.74) is 2.02. The number of benzene rings is 1. The van der Waals surface area contributed by atoms with Crippen LogP contribution >= 0.6 is 11.8 Å². The number of amides is 1. The molecule has 2 rings (SSSR count). The lowest BCUT2D eigenvalue weighted by Gasteiger charge is -2.34. The molecular formula is C17H17N3OS. The van der Waals surface area contributed by atoms with Crippen molar-refractivity contribution >= 4 is 17.7 Å². The minimum absolute atomic E-state index is 0.334. The third-order valence-electron chi connectivity index (χ3n) is 3.97. The zero-order valence-electron chi connectivity index (χ0n) is 12.8. The Hall–Kier alpha value is -2.24. The van der Waals surface area contributed by atoms with E-state index in [1.165, 1.54) is 17.3 Å². The van der Waals surface area contributed by atoms with Crippen LogP contribution in [0, 0.1) is 40.9 Å². The summed E-state index contributed by atoms with van der Waals surface area (Å²) in [6.07, 6.45) is 0. The van der Waals surface area contributed by atoms with Crippen LogP contribution in [0.3, 0.4) is 0 Å². The second kappa shape index (κ2) is 6.25. The molecule has 1 aliphatic heterocycles. The molecule has 1 atom stereocenters. The molecule has 0 unspecified atom stereocenters. The van der Waals surface area contributed by atoms with Crippen LogP contribution in [0.1, 0.15) is 25.0 Å². The quantitative estimate of drug-likeness (QED) is 0.929. The van der Waals surface area contributed by atoms with Crippen LogP contribution in [0.15, 0.2) is 34.9 Å². The lowest BCUT2D eigenvalue weighted by Crippen LogP contribution is -2.44. The van der Waals surface area contributed by atoms with Gasteiger partial charge >= 0.3 is 0 Å². The van der Waals surface area contributed by atoms with E-state index >= 15 is 0 Å². The number of thioether (sulfide) groups is 1. The molecule has 1 heterocycles. The van der Waals surface area contributed by atoms with Crippen molar-refractivity contribution in [2.45, 2.75) is 26.5 Å². The van der Waals surface area contributed by atoms with Gasteiger partial charge in [-0.2, -0.15) is 10.5 Å². The highest BCUT2D eigenvalue weighted by Gasteiger charge is 2.44. The highest BCUT2D eigenvalue weighted by Crippen LogP contribution is 2.42. The number of carbonyl (C=O) groups excluding carboxylic acids is 1. The third-order valence-corrected chi connectivity index (χ3v) is 5.02. The van der Waals surface area contributed by atoms with Crippen molar-refractivity contribution < 1.29 is 4.79 Å². The van der Waals surface area contributed by atoms with E-state index in [-0.39, 0.29) is 5.91 Å². The molecule has 0 saturated carbocycles. The highest BCUT2D eigenvalue weighted by atomic mass is 32.2. The van der Waals surface area contributed by atoms with Crippen molar-refractivity contribution in [1.82, 2.24) is 5.32 Å². The maximum atomic E-state index is 12.1. The first-order valence-corrected chi connectivity index (χ1v) is 7.93. The lowest BCUT2D eigenvalue weighted by atomic mass is 9.72. The van der Waals surface area contributed by atoms with Crippen molar-refractivity contribution in [3.05, 3.63) is 46.0 Å².